The Labute approximate surface area is 75.5 Å². The molecule has 2 rings (SSSR count). The van der Waals surface area contributed by atoms with Gasteiger partial charge in [-0.15, -0.1) is 0 Å². The minimum absolute atomic E-state index is 0.942. The fourth-order valence-electron chi connectivity index (χ4n) is 1.00. The van der Waals surface area contributed by atoms with Crippen molar-refractivity contribution in [3.8, 4) is 0 Å². The summed E-state index contributed by atoms with van der Waals surface area (Å²) in [5, 5.41) is 7.36. The number of thioether (sulfide) groups is 1. The van der Waals surface area contributed by atoms with E-state index in [9.17, 15) is 0 Å². The van der Waals surface area contributed by atoms with Crippen molar-refractivity contribution < 1.29 is 0 Å². The molecule has 0 unspecified atom stereocenters. The lowest BCUT2D eigenvalue weighted by atomic mass is 10.3. The molecule has 3 nitrogen and oxygen atoms in total. The Morgan fingerprint density at radius 1 is 1.42 bits per heavy atom. The zero-order chi connectivity index (χ0) is 8.39. The Morgan fingerprint density at radius 3 is 2.75 bits per heavy atom. The molecule has 4 heteroatoms. The van der Waals surface area contributed by atoms with Crippen LogP contribution in [0.15, 0.2) is 29.6 Å². The SMILES string of the molecule is CN1CSC(c2ccncc2)=N1. The molecule has 0 aromatic carbocycles. The van der Waals surface area contributed by atoms with Crippen LogP contribution in [0.3, 0.4) is 0 Å². The number of hydrogen-bond donors (Lipinski definition) is 0. The molecule has 0 saturated heterocycles. The molecule has 0 aliphatic carbocycles. The highest BCUT2D eigenvalue weighted by atomic mass is 32.2. The first-order chi connectivity index (χ1) is 5.86. The zero-order valence-electron chi connectivity index (χ0n) is 6.77. The summed E-state index contributed by atoms with van der Waals surface area (Å²) in [5.41, 5.74) is 1.15. The van der Waals surface area contributed by atoms with Crippen molar-refractivity contribution in [1.29, 1.82) is 0 Å². The van der Waals surface area contributed by atoms with Crippen molar-refractivity contribution in [2.45, 2.75) is 0 Å². The minimum atomic E-state index is 0.942. The number of aromatic nitrogens is 1. The van der Waals surface area contributed by atoms with Gasteiger partial charge in [0.2, 0.25) is 0 Å². The predicted molar refractivity (Wildman–Crippen MR) is 51.0 cm³/mol. The predicted octanol–water partition coefficient (Wildman–Crippen LogP) is 1.38. The van der Waals surface area contributed by atoms with Gasteiger partial charge in [-0.2, -0.15) is 5.10 Å². The first-order valence-electron chi connectivity index (χ1n) is 3.69. The summed E-state index contributed by atoms with van der Waals surface area (Å²) in [4.78, 5) is 3.96. The third kappa shape index (κ3) is 1.43. The first-order valence-corrected chi connectivity index (χ1v) is 4.68. The lowest BCUT2D eigenvalue weighted by Crippen LogP contribution is -2.02. The molecular formula is C8H9N3S. The molecule has 0 radical (unpaired) electrons. The maximum atomic E-state index is 4.34. The highest BCUT2D eigenvalue weighted by Gasteiger charge is 2.12. The quantitative estimate of drug-likeness (QED) is 0.652. The second-order valence-electron chi connectivity index (χ2n) is 2.57. The van der Waals surface area contributed by atoms with E-state index < -0.39 is 0 Å². The van der Waals surface area contributed by atoms with Gasteiger partial charge in [-0.3, -0.25) is 9.99 Å². The topological polar surface area (TPSA) is 28.5 Å². The third-order valence-electron chi connectivity index (χ3n) is 1.58. The Balaban J connectivity index is 2.27. The van der Waals surface area contributed by atoms with E-state index in [4.69, 9.17) is 0 Å². The molecule has 0 N–H and O–H groups in total. The van der Waals surface area contributed by atoms with Crippen LogP contribution in [0.25, 0.3) is 0 Å². The molecule has 0 fully saturated rings. The van der Waals surface area contributed by atoms with Crippen LogP contribution in [0.5, 0.6) is 0 Å². The smallest absolute Gasteiger partial charge is 0.125 e. The summed E-state index contributed by atoms with van der Waals surface area (Å²) in [6, 6.07) is 3.95. The van der Waals surface area contributed by atoms with E-state index in [1.54, 1.807) is 24.2 Å². The molecule has 1 aromatic heterocycles. The fourth-order valence-corrected chi connectivity index (χ4v) is 1.87. The number of hydrogen-bond acceptors (Lipinski definition) is 4. The molecule has 1 aliphatic rings. The number of hydrazone groups is 1. The van der Waals surface area contributed by atoms with Crippen molar-refractivity contribution in [3.63, 3.8) is 0 Å². The molecule has 12 heavy (non-hydrogen) atoms. The van der Waals surface area contributed by atoms with E-state index in [1.807, 2.05) is 24.2 Å². The van der Waals surface area contributed by atoms with Gasteiger partial charge in [0.25, 0.3) is 0 Å². The average Bonchev–Trinajstić information content (AvgIpc) is 2.54. The van der Waals surface area contributed by atoms with Gasteiger partial charge in [0.15, 0.2) is 0 Å². The van der Waals surface area contributed by atoms with Crippen LogP contribution < -0.4 is 0 Å². The summed E-state index contributed by atoms with van der Waals surface area (Å²) in [7, 11) is 1.97. The molecule has 1 aromatic rings. The van der Waals surface area contributed by atoms with Crippen LogP contribution in [0.1, 0.15) is 5.56 Å². The Hall–Kier alpha value is -1.03. The van der Waals surface area contributed by atoms with Crippen LogP contribution in [-0.4, -0.2) is 28.0 Å². The monoisotopic (exact) mass is 179 g/mol. The van der Waals surface area contributed by atoms with E-state index in [0.717, 1.165) is 16.5 Å². The highest BCUT2D eigenvalue weighted by molar-refractivity contribution is 8.14. The summed E-state index contributed by atoms with van der Waals surface area (Å²) in [5.74, 6) is 0.942. The number of rotatable bonds is 1. The van der Waals surface area contributed by atoms with Crippen molar-refractivity contribution in [1.82, 2.24) is 9.99 Å². The van der Waals surface area contributed by atoms with Gasteiger partial charge in [-0.25, -0.2) is 0 Å². The summed E-state index contributed by atoms with van der Waals surface area (Å²) in [6.45, 7) is 0. The van der Waals surface area contributed by atoms with Gasteiger partial charge in [0, 0.05) is 25.0 Å². The lowest BCUT2D eigenvalue weighted by Gasteiger charge is -1.99. The van der Waals surface area contributed by atoms with E-state index in [1.165, 1.54) is 0 Å². The van der Waals surface area contributed by atoms with E-state index in [0.29, 0.717) is 0 Å². The fraction of sp³-hybridized carbons (Fsp3) is 0.250. The minimum Gasteiger partial charge on any atom is -0.289 e. The van der Waals surface area contributed by atoms with Crippen molar-refractivity contribution in [3.05, 3.63) is 30.1 Å². The van der Waals surface area contributed by atoms with E-state index in [2.05, 4.69) is 10.1 Å². The normalized spacial score (nSPS) is 16.4. The van der Waals surface area contributed by atoms with Gasteiger partial charge >= 0.3 is 0 Å². The standard InChI is InChI=1S/C8H9N3S/c1-11-6-12-8(10-11)7-2-4-9-5-3-7/h2-5H,6H2,1H3. The molecule has 2 heterocycles. The van der Waals surface area contributed by atoms with Gasteiger partial charge in [-0.05, 0) is 12.1 Å². The molecule has 0 bridgehead atoms. The van der Waals surface area contributed by atoms with Gasteiger partial charge in [0.05, 0.1) is 5.88 Å². The van der Waals surface area contributed by atoms with Crippen molar-refractivity contribution in [2.24, 2.45) is 5.10 Å². The van der Waals surface area contributed by atoms with Crippen LogP contribution >= 0.6 is 11.8 Å². The second-order valence-corrected chi connectivity index (χ2v) is 3.51. The largest absolute Gasteiger partial charge is 0.289 e. The van der Waals surface area contributed by atoms with Crippen molar-refractivity contribution in [2.75, 3.05) is 12.9 Å². The Kier molecular flexibility index (Phi) is 1.99. The molecule has 0 spiro atoms. The van der Waals surface area contributed by atoms with Crippen LogP contribution in [0.2, 0.25) is 0 Å². The van der Waals surface area contributed by atoms with E-state index in [-0.39, 0.29) is 0 Å². The maximum Gasteiger partial charge on any atom is 0.125 e. The van der Waals surface area contributed by atoms with Gasteiger partial charge in [-0.1, -0.05) is 11.8 Å². The zero-order valence-corrected chi connectivity index (χ0v) is 7.58. The molecule has 62 valence electrons. The molecule has 1 aliphatic heterocycles. The second kappa shape index (κ2) is 3.15. The third-order valence-corrected chi connectivity index (χ3v) is 2.67. The summed E-state index contributed by atoms with van der Waals surface area (Å²) in [6.07, 6.45) is 3.58. The summed E-state index contributed by atoms with van der Waals surface area (Å²) >= 11 is 1.75. The van der Waals surface area contributed by atoms with Crippen molar-refractivity contribution >= 4 is 16.8 Å². The summed E-state index contributed by atoms with van der Waals surface area (Å²) < 4.78 is 0. The lowest BCUT2D eigenvalue weighted by molar-refractivity contribution is 0.430. The number of pyridine rings is 1. The van der Waals surface area contributed by atoms with E-state index >= 15 is 0 Å². The molecule has 0 saturated carbocycles. The Bertz CT molecular complexity index is 296. The van der Waals surface area contributed by atoms with Gasteiger partial charge < -0.3 is 0 Å². The first kappa shape index (κ1) is 7.61. The van der Waals surface area contributed by atoms with Crippen LogP contribution in [0, 0.1) is 0 Å². The molecule has 0 atom stereocenters. The van der Waals surface area contributed by atoms with Crippen LogP contribution in [-0.2, 0) is 0 Å². The molecule has 0 amide bonds. The van der Waals surface area contributed by atoms with Crippen LogP contribution in [0.4, 0.5) is 0 Å². The average molecular weight is 179 g/mol. The highest BCUT2D eigenvalue weighted by Crippen LogP contribution is 2.20. The number of nitrogens with zero attached hydrogens (tertiary/aromatic N) is 3. The maximum absolute atomic E-state index is 4.34. The Morgan fingerprint density at radius 2 is 2.17 bits per heavy atom. The van der Waals surface area contributed by atoms with Gasteiger partial charge in [0.1, 0.15) is 5.04 Å². The molecular weight excluding hydrogens is 170 g/mol.